The lowest BCUT2D eigenvalue weighted by Gasteiger charge is -2.47. The third-order valence-electron chi connectivity index (χ3n) is 8.95. The predicted molar refractivity (Wildman–Crippen MR) is 96.6 cm³/mol. The van der Waals surface area contributed by atoms with Gasteiger partial charge in [0.15, 0.2) is 0 Å². The van der Waals surface area contributed by atoms with Gasteiger partial charge in [0.2, 0.25) is 0 Å². The number of hydrogen-bond acceptors (Lipinski definition) is 0. The van der Waals surface area contributed by atoms with Gasteiger partial charge in [-0.1, -0.05) is 68.2 Å². The zero-order valence-corrected chi connectivity index (χ0v) is 16.4. The second kappa shape index (κ2) is 5.25. The molecule has 0 heteroatoms. The molecule has 22 heavy (non-hydrogen) atoms. The molecule has 3 rings (SSSR count). The summed E-state index contributed by atoms with van der Waals surface area (Å²) in [6.45, 7) is 20.5. The topological polar surface area (TPSA) is 0 Å². The maximum Gasteiger partial charge on any atom is -0.0289 e. The lowest BCUT2D eigenvalue weighted by molar-refractivity contribution is 0.0123. The minimum atomic E-state index is 0.549. The third-order valence-corrected chi connectivity index (χ3v) is 8.95. The Morgan fingerprint density at radius 3 is 2.05 bits per heavy atom. The first-order valence-corrected chi connectivity index (χ1v) is 10.2. The zero-order chi connectivity index (χ0) is 16.4. The molecule has 128 valence electrons. The van der Waals surface area contributed by atoms with Gasteiger partial charge in [-0.05, 0) is 71.0 Å². The van der Waals surface area contributed by atoms with Gasteiger partial charge < -0.3 is 0 Å². The first-order chi connectivity index (χ1) is 10.2. The highest BCUT2D eigenvalue weighted by Crippen LogP contribution is 2.73. The van der Waals surface area contributed by atoms with Crippen molar-refractivity contribution in [1.29, 1.82) is 0 Å². The minimum absolute atomic E-state index is 0.549. The first-order valence-electron chi connectivity index (χ1n) is 10.2. The van der Waals surface area contributed by atoms with Gasteiger partial charge in [-0.25, -0.2) is 0 Å². The molecule has 9 atom stereocenters. The van der Waals surface area contributed by atoms with E-state index in [0.29, 0.717) is 10.8 Å². The summed E-state index contributed by atoms with van der Waals surface area (Å²) in [4.78, 5) is 0. The van der Waals surface area contributed by atoms with Crippen LogP contribution < -0.4 is 0 Å². The summed E-state index contributed by atoms with van der Waals surface area (Å²) in [5.41, 5.74) is 1.14. The largest absolute Gasteiger partial charge is 0.0651 e. The van der Waals surface area contributed by atoms with Crippen molar-refractivity contribution in [2.75, 3.05) is 0 Å². The predicted octanol–water partition coefficient (Wildman–Crippen LogP) is 6.65. The van der Waals surface area contributed by atoms with Crippen molar-refractivity contribution in [3.63, 3.8) is 0 Å². The van der Waals surface area contributed by atoms with Crippen LogP contribution in [0.5, 0.6) is 0 Å². The van der Waals surface area contributed by atoms with Crippen molar-refractivity contribution >= 4 is 0 Å². The molecule has 3 fully saturated rings. The van der Waals surface area contributed by atoms with Gasteiger partial charge in [0.05, 0.1) is 0 Å². The highest BCUT2D eigenvalue weighted by atomic mass is 14.7. The molecule has 0 bridgehead atoms. The molecule has 0 aromatic heterocycles. The van der Waals surface area contributed by atoms with Gasteiger partial charge in [-0.15, -0.1) is 0 Å². The van der Waals surface area contributed by atoms with Crippen molar-refractivity contribution in [1.82, 2.24) is 0 Å². The third kappa shape index (κ3) is 2.07. The second-order valence-corrected chi connectivity index (χ2v) is 10.5. The van der Waals surface area contributed by atoms with Crippen molar-refractivity contribution in [3.05, 3.63) is 0 Å². The van der Waals surface area contributed by atoms with Gasteiger partial charge in [-0.2, -0.15) is 0 Å². The summed E-state index contributed by atoms with van der Waals surface area (Å²) in [6, 6.07) is 0. The van der Waals surface area contributed by atoms with Crippen LogP contribution in [-0.2, 0) is 0 Å². The zero-order valence-electron chi connectivity index (χ0n) is 16.4. The van der Waals surface area contributed by atoms with Crippen molar-refractivity contribution < 1.29 is 0 Å². The van der Waals surface area contributed by atoms with Crippen LogP contribution in [-0.4, -0.2) is 0 Å². The fourth-order valence-electron chi connectivity index (χ4n) is 8.21. The summed E-state index contributed by atoms with van der Waals surface area (Å²) < 4.78 is 0. The highest BCUT2D eigenvalue weighted by Gasteiger charge is 2.67. The molecular weight excluding hydrogens is 264 g/mol. The number of fused-ring (bicyclic) bond motifs is 3. The fourth-order valence-corrected chi connectivity index (χ4v) is 8.21. The van der Waals surface area contributed by atoms with Crippen molar-refractivity contribution in [3.8, 4) is 0 Å². The molecule has 0 spiro atoms. The van der Waals surface area contributed by atoms with E-state index in [1.165, 1.54) is 25.7 Å². The summed E-state index contributed by atoms with van der Waals surface area (Å²) in [6.07, 6.45) is 5.73. The van der Waals surface area contributed by atoms with Crippen LogP contribution in [0.1, 0.15) is 81.1 Å². The van der Waals surface area contributed by atoms with E-state index in [2.05, 4.69) is 55.4 Å². The molecule has 0 heterocycles. The lowest BCUT2D eigenvalue weighted by atomic mass is 9.58. The fraction of sp³-hybridized carbons (Fsp3) is 1.00. The van der Waals surface area contributed by atoms with Gasteiger partial charge in [0.1, 0.15) is 0 Å². The van der Waals surface area contributed by atoms with E-state index >= 15 is 0 Å². The number of rotatable bonds is 2. The number of hydrogen-bond donors (Lipinski definition) is 0. The molecule has 0 radical (unpaired) electrons. The summed E-state index contributed by atoms with van der Waals surface area (Å²) in [7, 11) is 0. The molecule has 0 aromatic rings. The Kier molecular flexibility index (Phi) is 4.02. The van der Waals surface area contributed by atoms with Crippen molar-refractivity contribution in [2.24, 2.45) is 58.2 Å². The van der Waals surface area contributed by atoms with Crippen LogP contribution in [0.15, 0.2) is 0 Å². The standard InChI is InChI=1S/C22H40/c1-9-16-17-14(4)11-13(3)15(5)18(17)20-19(16)22(8,10-2)12-21(20,6)7/h13-20H,9-12H2,1-8H3. The van der Waals surface area contributed by atoms with Gasteiger partial charge in [-0.3, -0.25) is 0 Å². The molecular formula is C22H40. The molecule has 3 saturated carbocycles. The Balaban J connectivity index is 2.09. The molecule has 3 aliphatic rings. The van der Waals surface area contributed by atoms with E-state index in [0.717, 1.165) is 47.3 Å². The van der Waals surface area contributed by atoms with Gasteiger partial charge >= 0.3 is 0 Å². The minimum Gasteiger partial charge on any atom is -0.0651 e. The summed E-state index contributed by atoms with van der Waals surface area (Å²) in [5, 5.41) is 0. The smallest absolute Gasteiger partial charge is 0.0289 e. The Bertz CT molecular complexity index is 422. The second-order valence-electron chi connectivity index (χ2n) is 10.5. The van der Waals surface area contributed by atoms with E-state index < -0.39 is 0 Å². The first kappa shape index (κ1) is 16.8. The molecule has 0 aromatic carbocycles. The molecule has 0 aliphatic heterocycles. The molecule has 9 unspecified atom stereocenters. The van der Waals surface area contributed by atoms with Crippen LogP contribution >= 0.6 is 0 Å². The van der Waals surface area contributed by atoms with E-state index in [1.807, 2.05) is 0 Å². The van der Waals surface area contributed by atoms with Crippen LogP contribution in [0.4, 0.5) is 0 Å². The van der Waals surface area contributed by atoms with E-state index in [4.69, 9.17) is 0 Å². The maximum atomic E-state index is 2.64. The van der Waals surface area contributed by atoms with Crippen LogP contribution in [0, 0.1) is 58.2 Å². The Hall–Kier alpha value is 0. The monoisotopic (exact) mass is 304 g/mol. The molecule has 0 saturated heterocycles. The summed E-state index contributed by atoms with van der Waals surface area (Å²) >= 11 is 0. The average molecular weight is 305 g/mol. The quantitative estimate of drug-likeness (QED) is 0.536. The SMILES string of the molecule is CCC1C2C(C)CC(C)C(C)C2C2C1C(C)(CC)CC2(C)C. The Morgan fingerprint density at radius 1 is 0.864 bits per heavy atom. The van der Waals surface area contributed by atoms with Gasteiger partial charge in [0, 0.05) is 0 Å². The Labute approximate surface area is 139 Å². The molecule has 0 amide bonds. The van der Waals surface area contributed by atoms with Crippen LogP contribution in [0.3, 0.4) is 0 Å². The van der Waals surface area contributed by atoms with Crippen molar-refractivity contribution in [2.45, 2.75) is 81.1 Å². The Morgan fingerprint density at radius 2 is 1.50 bits per heavy atom. The van der Waals surface area contributed by atoms with E-state index in [-0.39, 0.29) is 0 Å². The average Bonchev–Trinajstić information content (AvgIpc) is 2.90. The van der Waals surface area contributed by atoms with Crippen LogP contribution in [0.2, 0.25) is 0 Å². The maximum absolute atomic E-state index is 2.64. The summed E-state index contributed by atoms with van der Waals surface area (Å²) in [5.74, 6) is 7.78. The van der Waals surface area contributed by atoms with Crippen LogP contribution in [0.25, 0.3) is 0 Å². The highest BCUT2D eigenvalue weighted by molar-refractivity contribution is 5.15. The molecule has 3 aliphatic carbocycles. The lowest BCUT2D eigenvalue weighted by Crippen LogP contribution is -2.41. The molecule has 0 N–H and O–H groups in total. The van der Waals surface area contributed by atoms with E-state index in [9.17, 15) is 0 Å². The molecule has 0 nitrogen and oxygen atoms in total. The van der Waals surface area contributed by atoms with E-state index in [1.54, 1.807) is 0 Å². The normalized spacial score (nSPS) is 56.7. The van der Waals surface area contributed by atoms with Gasteiger partial charge in [0.25, 0.3) is 0 Å².